The lowest BCUT2D eigenvalue weighted by molar-refractivity contribution is -0.170. The summed E-state index contributed by atoms with van der Waals surface area (Å²) >= 11 is 0. The van der Waals surface area contributed by atoms with Crippen LogP contribution in [-0.2, 0) is 24.7 Å². The smallest absolute Gasteiger partial charge is 0.323 e. The number of rotatable bonds is 4. The predicted octanol–water partition coefficient (Wildman–Crippen LogP) is 3.47. The van der Waals surface area contributed by atoms with Gasteiger partial charge < -0.3 is 14.6 Å². The number of ether oxygens (including phenoxy) is 2. The number of allylic oxidation sites excluding steroid dienone is 1. The van der Waals surface area contributed by atoms with Crippen LogP contribution < -0.4 is 0 Å². The monoisotopic (exact) mass is 380 g/mol. The van der Waals surface area contributed by atoms with E-state index in [1.807, 2.05) is 55.5 Å². The summed E-state index contributed by atoms with van der Waals surface area (Å²) in [6, 6.07) is 18.7. The summed E-state index contributed by atoms with van der Waals surface area (Å²) in [7, 11) is 2.47. The zero-order valence-electron chi connectivity index (χ0n) is 16.3. The first-order chi connectivity index (χ1) is 13.4. The lowest BCUT2D eigenvalue weighted by Crippen LogP contribution is -2.40. The number of aliphatic hydroxyl groups is 1. The summed E-state index contributed by atoms with van der Waals surface area (Å²) in [5, 5.41) is 11.8. The van der Waals surface area contributed by atoms with Crippen molar-refractivity contribution in [1.29, 1.82) is 0 Å². The van der Waals surface area contributed by atoms with Gasteiger partial charge in [0.2, 0.25) is 0 Å². The minimum atomic E-state index is -1.60. The van der Waals surface area contributed by atoms with Crippen molar-refractivity contribution in [2.24, 2.45) is 5.41 Å². The summed E-state index contributed by atoms with van der Waals surface area (Å²) in [6.07, 6.45) is -0.110. The van der Waals surface area contributed by atoms with E-state index < -0.39 is 23.0 Å². The molecule has 2 aromatic carbocycles. The largest absolute Gasteiger partial charge is 0.468 e. The second kappa shape index (κ2) is 7.60. The van der Waals surface area contributed by atoms with Gasteiger partial charge in [-0.25, -0.2) is 0 Å². The molecule has 0 aliphatic heterocycles. The molecule has 2 aromatic rings. The molecule has 5 nitrogen and oxygen atoms in total. The van der Waals surface area contributed by atoms with Crippen LogP contribution in [0.25, 0.3) is 5.57 Å². The molecule has 1 N–H and O–H groups in total. The van der Waals surface area contributed by atoms with E-state index in [-0.39, 0.29) is 12.8 Å². The van der Waals surface area contributed by atoms with Crippen LogP contribution in [-0.4, -0.2) is 31.3 Å². The molecular formula is C23H24O5. The van der Waals surface area contributed by atoms with Crippen molar-refractivity contribution >= 4 is 17.5 Å². The fraction of sp³-hybridized carbons (Fsp3) is 0.304. The molecule has 28 heavy (non-hydrogen) atoms. The Kier molecular flexibility index (Phi) is 5.38. The van der Waals surface area contributed by atoms with Gasteiger partial charge >= 0.3 is 11.9 Å². The standard InChI is InChI=1S/C23H24O5/c1-16(17-10-6-4-7-11-17)19-14-22(20(24)27-2,21(25)28-3)15-23(19,26)18-12-8-5-9-13-18/h4-13,26H,14-15H2,1-3H3/b19-16+. The fourth-order valence-electron chi connectivity index (χ4n) is 4.11. The van der Waals surface area contributed by atoms with Crippen molar-refractivity contribution in [1.82, 2.24) is 0 Å². The van der Waals surface area contributed by atoms with Crippen molar-refractivity contribution in [3.8, 4) is 0 Å². The molecule has 0 radical (unpaired) electrons. The topological polar surface area (TPSA) is 72.8 Å². The van der Waals surface area contributed by atoms with E-state index >= 15 is 0 Å². The summed E-state index contributed by atoms with van der Waals surface area (Å²) in [4.78, 5) is 25.4. The molecule has 146 valence electrons. The number of hydrogen-bond acceptors (Lipinski definition) is 5. The number of esters is 2. The summed E-state index contributed by atoms with van der Waals surface area (Å²) in [5.41, 5.74) is -0.127. The number of benzene rings is 2. The predicted molar refractivity (Wildman–Crippen MR) is 105 cm³/mol. The molecule has 1 aliphatic carbocycles. The molecule has 0 saturated heterocycles. The Labute approximate surface area is 164 Å². The molecule has 0 amide bonds. The Bertz CT molecular complexity index is 885. The first-order valence-electron chi connectivity index (χ1n) is 9.09. The Morgan fingerprint density at radius 2 is 1.39 bits per heavy atom. The number of hydrogen-bond donors (Lipinski definition) is 1. The highest BCUT2D eigenvalue weighted by atomic mass is 16.5. The van der Waals surface area contributed by atoms with E-state index in [1.165, 1.54) is 14.2 Å². The average Bonchev–Trinajstić information content (AvgIpc) is 3.09. The highest BCUT2D eigenvalue weighted by Gasteiger charge is 2.61. The van der Waals surface area contributed by atoms with Gasteiger partial charge in [0.25, 0.3) is 0 Å². The molecule has 1 atom stereocenters. The van der Waals surface area contributed by atoms with Gasteiger partial charge in [-0.1, -0.05) is 60.7 Å². The highest BCUT2D eigenvalue weighted by Crippen LogP contribution is 2.56. The van der Waals surface area contributed by atoms with Crippen molar-refractivity contribution in [3.63, 3.8) is 0 Å². The quantitative estimate of drug-likeness (QED) is 0.649. The average molecular weight is 380 g/mol. The van der Waals surface area contributed by atoms with Crippen LogP contribution in [0.3, 0.4) is 0 Å². The molecule has 1 aliphatic rings. The van der Waals surface area contributed by atoms with Crippen molar-refractivity contribution in [3.05, 3.63) is 77.4 Å². The lowest BCUT2D eigenvalue weighted by atomic mass is 9.82. The number of carbonyl (C=O) groups excluding carboxylic acids is 2. The maximum atomic E-state index is 12.7. The second-order valence-corrected chi connectivity index (χ2v) is 7.11. The SMILES string of the molecule is COC(=O)C1(C(=O)OC)C/C(=C(/C)c2ccccc2)C(O)(c2ccccc2)C1. The van der Waals surface area contributed by atoms with Crippen LogP contribution in [0.15, 0.2) is 66.2 Å². The first kappa shape index (κ1) is 19.8. The molecule has 3 rings (SSSR count). The summed E-state index contributed by atoms with van der Waals surface area (Å²) in [5.74, 6) is -1.41. The third-order valence-corrected chi connectivity index (χ3v) is 5.60. The van der Waals surface area contributed by atoms with Crippen LogP contribution in [0.4, 0.5) is 0 Å². The maximum Gasteiger partial charge on any atom is 0.323 e. The third-order valence-electron chi connectivity index (χ3n) is 5.60. The zero-order valence-corrected chi connectivity index (χ0v) is 16.3. The van der Waals surface area contributed by atoms with Gasteiger partial charge in [-0.2, -0.15) is 0 Å². The fourth-order valence-corrected chi connectivity index (χ4v) is 4.11. The molecule has 0 aromatic heterocycles. The number of methoxy groups -OCH3 is 2. The Balaban J connectivity index is 2.26. The van der Waals surface area contributed by atoms with Gasteiger partial charge in [0.15, 0.2) is 5.41 Å². The Morgan fingerprint density at radius 3 is 1.89 bits per heavy atom. The zero-order chi connectivity index (χ0) is 20.4. The van der Waals surface area contributed by atoms with Gasteiger partial charge in [-0.15, -0.1) is 0 Å². The third kappa shape index (κ3) is 3.12. The minimum absolute atomic E-state index is 0.0263. The van der Waals surface area contributed by atoms with E-state index in [1.54, 1.807) is 12.1 Å². The van der Waals surface area contributed by atoms with E-state index in [0.717, 1.165) is 11.1 Å². The lowest BCUT2D eigenvalue weighted by Gasteiger charge is -2.28. The van der Waals surface area contributed by atoms with Gasteiger partial charge in [-0.05, 0) is 35.6 Å². The summed E-state index contributed by atoms with van der Waals surface area (Å²) in [6.45, 7) is 1.89. The second-order valence-electron chi connectivity index (χ2n) is 7.11. The van der Waals surface area contributed by atoms with E-state index in [0.29, 0.717) is 11.1 Å². The van der Waals surface area contributed by atoms with Gasteiger partial charge in [0, 0.05) is 6.42 Å². The van der Waals surface area contributed by atoms with Crippen molar-refractivity contribution in [2.45, 2.75) is 25.4 Å². The van der Waals surface area contributed by atoms with Crippen molar-refractivity contribution in [2.75, 3.05) is 14.2 Å². The van der Waals surface area contributed by atoms with Crippen LogP contribution in [0.2, 0.25) is 0 Å². The first-order valence-corrected chi connectivity index (χ1v) is 9.09. The van der Waals surface area contributed by atoms with Gasteiger partial charge in [-0.3, -0.25) is 9.59 Å². The van der Waals surface area contributed by atoms with Gasteiger partial charge in [0.1, 0.15) is 5.60 Å². The molecule has 1 saturated carbocycles. The molecule has 0 heterocycles. The molecule has 1 unspecified atom stereocenters. The minimum Gasteiger partial charge on any atom is -0.468 e. The van der Waals surface area contributed by atoms with Crippen LogP contribution in [0.5, 0.6) is 0 Å². The molecule has 1 fully saturated rings. The van der Waals surface area contributed by atoms with Crippen LogP contribution in [0.1, 0.15) is 30.9 Å². The highest BCUT2D eigenvalue weighted by molar-refractivity contribution is 6.02. The molecule has 0 bridgehead atoms. The number of carbonyl (C=O) groups is 2. The van der Waals surface area contributed by atoms with Crippen LogP contribution >= 0.6 is 0 Å². The Hall–Kier alpha value is -2.92. The van der Waals surface area contributed by atoms with E-state index in [9.17, 15) is 14.7 Å². The molecule has 0 spiro atoms. The Morgan fingerprint density at radius 1 is 0.893 bits per heavy atom. The maximum absolute atomic E-state index is 12.7. The summed E-state index contributed by atoms with van der Waals surface area (Å²) < 4.78 is 9.90. The van der Waals surface area contributed by atoms with Crippen molar-refractivity contribution < 1.29 is 24.2 Å². The molecular weight excluding hydrogens is 356 g/mol. The van der Waals surface area contributed by atoms with E-state index in [2.05, 4.69) is 0 Å². The van der Waals surface area contributed by atoms with E-state index in [4.69, 9.17) is 9.47 Å². The molecule has 5 heteroatoms. The normalized spacial score (nSPS) is 22.4. The van der Waals surface area contributed by atoms with Crippen LogP contribution in [0, 0.1) is 5.41 Å². The van der Waals surface area contributed by atoms with Gasteiger partial charge in [0.05, 0.1) is 14.2 Å².